The summed E-state index contributed by atoms with van der Waals surface area (Å²) in [6, 6.07) is 7.70. The maximum atomic E-state index is 12.9. The maximum absolute atomic E-state index is 12.9. The first kappa shape index (κ1) is 18.6. The van der Waals surface area contributed by atoms with Gasteiger partial charge in [-0.3, -0.25) is 19.4 Å². The lowest BCUT2D eigenvalue weighted by atomic mass is 9.95. The van der Waals surface area contributed by atoms with Gasteiger partial charge >= 0.3 is 0 Å². The SMILES string of the molecule is Cc1cnc(NCC2(c3ccc(N4C(=O)[C@@H]5[CH]CCN5C4C(N)=O)cc3)CC2)s1. The first-order chi connectivity index (χ1) is 14.0. The van der Waals surface area contributed by atoms with E-state index in [0.29, 0.717) is 6.54 Å². The monoisotopic (exact) mass is 410 g/mol. The lowest BCUT2D eigenvalue weighted by molar-refractivity contribution is -0.122. The van der Waals surface area contributed by atoms with E-state index < -0.39 is 12.1 Å². The van der Waals surface area contributed by atoms with Crippen LogP contribution < -0.4 is 16.0 Å². The van der Waals surface area contributed by atoms with Gasteiger partial charge in [0.05, 0.1) is 6.04 Å². The van der Waals surface area contributed by atoms with Crippen molar-refractivity contribution < 1.29 is 9.59 Å². The number of rotatable bonds is 6. The zero-order chi connectivity index (χ0) is 20.2. The highest BCUT2D eigenvalue weighted by Gasteiger charge is 2.51. The minimum Gasteiger partial charge on any atom is -0.367 e. The predicted octanol–water partition coefficient (Wildman–Crippen LogP) is 2.03. The molecule has 1 unspecified atom stereocenters. The number of anilines is 2. The summed E-state index contributed by atoms with van der Waals surface area (Å²) >= 11 is 1.66. The lowest BCUT2D eigenvalue weighted by Crippen LogP contribution is -2.49. The van der Waals surface area contributed by atoms with E-state index in [1.54, 1.807) is 16.2 Å². The Hall–Kier alpha value is -2.45. The normalized spacial score (nSPS) is 25.3. The molecule has 1 radical (unpaired) electrons. The van der Waals surface area contributed by atoms with Crippen LogP contribution in [0.5, 0.6) is 0 Å². The minimum absolute atomic E-state index is 0.0685. The average Bonchev–Trinajstić information content (AvgIpc) is 3.02. The fourth-order valence-corrected chi connectivity index (χ4v) is 5.18. The Kier molecular flexibility index (Phi) is 4.36. The first-order valence-electron chi connectivity index (χ1n) is 9.97. The second-order valence-corrected chi connectivity index (χ2v) is 9.38. The molecule has 5 rings (SSSR count). The molecule has 3 N–H and O–H groups in total. The molecule has 29 heavy (non-hydrogen) atoms. The molecule has 1 aromatic carbocycles. The van der Waals surface area contributed by atoms with Crippen LogP contribution in [0.25, 0.3) is 0 Å². The van der Waals surface area contributed by atoms with Gasteiger partial charge in [-0.25, -0.2) is 4.98 Å². The summed E-state index contributed by atoms with van der Waals surface area (Å²) in [6.45, 7) is 3.58. The molecule has 2 amide bonds. The van der Waals surface area contributed by atoms with Crippen molar-refractivity contribution in [1.82, 2.24) is 9.88 Å². The van der Waals surface area contributed by atoms with E-state index in [9.17, 15) is 9.59 Å². The van der Waals surface area contributed by atoms with Crippen molar-refractivity contribution in [2.75, 3.05) is 23.3 Å². The van der Waals surface area contributed by atoms with Crippen LogP contribution in [0.1, 0.15) is 29.7 Å². The number of carbonyl (C=O) groups excluding carboxylic acids is 2. The standard InChI is InChI=1S/C21H24N5O2S/c1-13-11-23-20(29-13)24-12-21(8-9-21)14-4-6-15(7-5-14)26-18(17(22)27)25-10-2-3-16(25)19(26)28/h3-7,11,16,18H,2,8-10,12H2,1H3,(H2,22,27)(H,23,24)/t16-,18?/m0/s1. The molecule has 2 aliphatic heterocycles. The first-order valence-corrected chi connectivity index (χ1v) is 10.8. The smallest absolute Gasteiger partial charge is 0.255 e. The highest BCUT2D eigenvalue weighted by Crippen LogP contribution is 2.48. The van der Waals surface area contributed by atoms with Gasteiger partial charge < -0.3 is 11.1 Å². The summed E-state index contributed by atoms with van der Waals surface area (Å²) in [5.41, 5.74) is 7.74. The Morgan fingerprint density at radius 2 is 2.10 bits per heavy atom. The fraction of sp³-hybridized carbons (Fsp3) is 0.429. The fourth-order valence-electron chi connectivity index (χ4n) is 4.52. The molecule has 8 heteroatoms. The molecular formula is C21H24N5O2S. The molecule has 0 bridgehead atoms. The second kappa shape index (κ2) is 6.81. The van der Waals surface area contributed by atoms with Crippen LogP contribution in [0, 0.1) is 13.3 Å². The minimum atomic E-state index is -0.707. The number of carbonyl (C=O) groups is 2. The highest BCUT2D eigenvalue weighted by molar-refractivity contribution is 7.15. The van der Waals surface area contributed by atoms with Gasteiger partial charge in [-0.1, -0.05) is 12.1 Å². The number of thiazole rings is 1. The summed E-state index contributed by atoms with van der Waals surface area (Å²) in [5, 5.41) is 4.42. The molecule has 3 fully saturated rings. The highest BCUT2D eigenvalue weighted by atomic mass is 32.1. The number of aryl methyl sites for hydroxylation is 1. The molecule has 1 aliphatic carbocycles. The average molecular weight is 411 g/mol. The van der Waals surface area contributed by atoms with Crippen molar-refractivity contribution in [3.63, 3.8) is 0 Å². The molecule has 151 valence electrons. The van der Waals surface area contributed by atoms with E-state index in [-0.39, 0.29) is 17.4 Å². The van der Waals surface area contributed by atoms with Crippen molar-refractivity contribution in [3.05, 3.63) is 47.3 Å². The summed E-state index contributed by atoms with van der Waals surface area (Å²) in [5.74, 6) is -0.553. The van der Waals surface area contributed by atoms with Crippen LogP contribution in [0.15, 0.2) is 30.5 Å². The van der Waals surface area contributed by atoms with Crippen LogP contribution in [0.4, 0.5) is 10.8 Å². The van der Waals surface area contributed by atoms with E-state index in [0.717, 1.165) is 36.6 Å². The number of amides is 2. The van der Waals surface area contributed by atoms with Gasteiger partial charge in [-0.15, -0.1) is 11.3 Å². The predicted molar refractivity (Wildman–Crippen MR) is 113 cm³/mol. The number of benzene rings is 1. The second-order valence-electron chi connectivity index (χ2n) is 8.15. The molecule has 2 saturated heterocycles. The number of nitrogens with zero attached hydrogens (tertiary/aromatic N) is 3. The maximum Gasteiger partial charge on any atom is 0.255 e. The van der Waals surface area contributed by atoms with Gasteiger partial charge in [0.1, 0.15) is 0 Å². The lowest BCUT2D eigenvalue weighted by Gasteiger charge is -2.27. The largest absolute Gasteiger partial charge is 0.367 e. The van der Waals surface area contributed by atoms with Crippen LogP contribution >= 0.6 is 11.3 Å². The van der Waals surface area contributed by atoms with E-state index in [4.69, 9.17) is 5.73 Å². The summed E-state index contributed by atoms with van der Waals surface area (Å²) < 4.78 is 0. The molecule has 3 heterocycles. The van der Waals surface area contributed by atoms with Gasteiger partial charge in [0.2, 0.25) is 5.91 Å². The Morgan fingerprint density at radius 3 is 2.72 bits per heavy atom. The quantitative estimate of drug-likeness (QED) is 0.760. The van der Waals surface area contributed by atoms with Gasteiger partial charge in [-0.2, -0.15) is 0 Å². The molecule has 2 aromatic rings. The zero-order valence-electron chi connectivity index (χ0n) is 16.3. The van der Waals surface area contributed by atoms with Crippen molar-refractivity contribution in [1.29, 1.82) is 0 Å². The zero-order valence-corrected chi connectivity index (χ0v) is 17.1. The number of primary amides is 1. The van der Waals surface area contributed by atoms with Crippen LogP contribution in [0.2, 0.25) is 0 Å². The third-order valence-electron chi connectivity index (χ3n) is 6.25. The van der Waals surface area contributed by atoms with Crippen molar-refractivity contribution >= 4 is 34.0 Å². The van der Waals surface area contributed by atoms with Crippen LogP contribution in [0.3, 0.4) is 0 Å². The number of hydrogen-bond donors (Lipinski definition) is 2. The molecular weight excluding hydrogens is 386 g/mol. The topological polar surface area (TPSA) is 91.6 Å². The third kappa shape index (κ3) is 3.11. The summed E-state index contributed by atoms with van der Waals surface area (Å²) in [6.07, 6.45) is 6.20. The number of aromatic nitrogens is 1. The number of fused-ring (bicyclic) bond motifs is 1. The van der Waals surface area contributed by atoms with Crippen LogP contribution in [-0.4, -0.2) is 47.0 Å². The third-order valence-corrected chi connectivity index (χ3v) is 7.12. The van der Waals surface area contributed by atoms with Gasteiger partial charge in [0.15, 0.2) is 11.3 Å². The van der Waals surface area contributed by atoms with E-state index in [1.165, 1.54) is 10.4 Å². The summed E-state index contributed by atoms with van der Waals surface area (Å²) in [7, 11) is 0. The Morgan fingerprint density at radius 1 is 1.34 bits per heavy atom. The molecule has 7 nitrogen and oxygen atoms in total. The van der Waals surface area contributed by atoms with Crippen molar-refractivity contribution in [2.24, 2.45) is 5.73 Å². The van der Waals surface area contributed by atoms with E-state index in [2.05, 4.69) is 29.4 Å². The Bertz CT molecular complexity index is 952. The molecule has 3 aliphatic rings. The van der Waals surface area contributed by atoms with E-state index >= 15 is 0 Å². The molecule has 1 saturated carbocycles. The number of hydrogen-bond acceptors (Lipinski definition) is 6. The Balaban J connectivity index is 1.35. The molecule has 0 spiro atoms. The van der Waals surface area contributed by atoms with Crippen LogP contribution in [-0.2, 0) is 15.0 Å². The van der Waals surface area contributed by atoms with E-state index in [1.807, 2.05) is 29.7 Å². The van der Waals surface area contributed by atoms with Gasteiger partial charge in [0, 0.05) is 35.3 Å². The Labute approximate surface area is 173 Å². The number of nitrogens with one attached hydrogen (secondary N) is 1. The molecule has 1 aromatic heterocycles. The van der Waals surface area contributed by atoms with Gasteiger partial charge in [0.25, 0.3) is 5.91 Å². The van der Waals surface area contributed by atoms with Crippen molar-refractivity contribution in [3.8, 4) is 0 Å². The summed E-state index contributed by atoms with van der Waals surface area (Å²) in [4.78, 5) is 34.0. The molecule has 2 atom stereocenters. The number of nitrogens with two attached hydrogens (primary N) is 1. The van der Waals surface area contributed by atoms with Crippen molar-refractivity contribution in [2.45, 2.75) is 43.8 Å². The van der Waals surface area contributed by atoms with Gasteiger partial charge in [-0.05, 0) is 50.3 Å².